The fourth-order valence-electron chi connectivity index (χ4n) is 5.51. The molecule has 2 aliphatic carbocycles. The number of benzene rings is 1. The Kier molecular flexibility index (Phi) is 7.75. The van der Waals surface area contributed by atoms with Gasteiger partial charge in [-0.15, -0.1) is 0 Å². The molecule has 1 aromatic carbocycles. The third-order valence-corrected chi connectivity index (χ3v) is 7.66. The van der Waals surface area contributed by atoms with Crippen molar-refractivity contribution in [3.63, 3.8) is 0 Å². The number of carbonyl (C=O) groups excluding carboxylic acids is 2. The molecule has 2 saturated carbocycles. The maximum absolute atomic E-state index is 13.4. The smallest absolute Gasteiger partial charge is 0.243 e. The van der Waals surface area contributed by atoms with Crippen LogP contribution in [-0.2, 0) is 16.1 Å². The van der Waals surface area contributed by atoms with E-state index in [1.165, 1.54) is 11.1 Å². The molecule has 1 aliphatic heterocycles. The number of hydrogen-bond donors (Lipinski definition) is 2. The summed E-state index contributed by atoms with van der Waals surface area (Å²) in [6, 6.07) is 8.82. The topological polar surface area (TPSA) is 78.7 Å². The molecular formula is C27H42N4O2. The van der Waals surface area contributed by atoms with Crippen LogP contribution in [0.25, 0.3) is 0 Å². The van der Waals surface area contributed by atoms with Gasteiger partial charge in [-0.1, -0.05) is 38.1 Å². The Labute approximate surface area is 199 Å². The predicted octanol–water partition coefficient (Wildman–Crippen LogP) is 3.22. The third-order valence-electron chi connectivity index (χ3n) is 7.66. The number of nitrogens with two attached hydrogens (primary N) is 1. The molecule has 1 heterocycles. The van der Waals surface area contributed by atoms with Gasteiger partial charge in [-0.2, -0.15) is 0 Å². The van der Waals surface area contributed by atoms with E-state index in [9.17, 15) is 9.59 Å². The molecule has 33 heavy (non-hydrogen) atoms. The van der Waals surface area contributed by atoms with Crippen molar-refractivity contribution in [3.8, 4) is 0 Å². The van der Waals surface area contributed by atoms with Gasteiger partial charge in [0.2, 0.25) is 11.8 Å². The lowest BCUT2D eigenvalue weighted by Gasteiger charge is -2.31. The fraction of sp³-hybridized carbons (Fsp3) is 0.704. The average molecular weight is 455 g/mol. The van der Waals surface area contributed by atoms with Crippen LogP contribution in [0.1, 0.15) is 69.9 Å². The SMILES string of the molecule is Cc1ccccc1CN(CC(C)C)C1CC(C(=O)NC2CCC(N)CC2)N(C(=O)C2CC2)C1. The highest BCUT2D eigenvalue weighted by atomic mass is 16.2. The van der Waals surface area contributed by atoms with Crippen LogP contribution in [0.2, 0.25) is 0 Å². The molecule has 6 nitrogen and oxygen atoms in total. The second-order valence-corrected chi connectivity index (χ2v) is 11.0. The molecule has 2 amide bonds. The summed E-state index contributed by atoms with van der Waals surface area (Å²) in [4.78, 5) is 31.0. The summed E-state index contributed by atoms with van der Waals surface area (Å²) >= 11 is 0. The van der Waals surface area contributed by atoms with Crippen molar-refractivity contribution in [1.82, 2.24) is 15.1 Å². The number of carbonyl (C=O) groups is 2. The lowest BCUT2D eigenvalue weighted by Crippen LogP contribution is -2.50. The Hall–Kier alpha value is -1.92. The molecule has 1 aromatic rings. The first-order valence-corrected chi connectivity index (χ1v) is 13.0. The number of amides is 2. The van der Waals surface area contributed by atoms with Gasteiger partial charge in [0.1, 0.15) is 6.04 Å². The van der Waals surface area contributed by atoms with Gasteiger partial charge >= 0.3 is 0 Å². The molecule has 6 heteroatoms. The van der Waals surface area contributed by atoms with Gasteiger partial charge in [-0.05, 0) is 68.9 Å². The Bertz CT molecular complexity index is 829. The number of nitrogens with one attached hydrogen (secondary N) is 1. The summed E-state index contributed by atoms with van der Waals surface area (Å²) in [6.45, 7) is 9.11. The molecular weight excluding hydrogens is 412 g/mol. The Morgan fingerprint density at radius 3 is 2.45 bits per heavy atom. The van der Waals surface area contributed by atoms with Crippen LogP contribution in [0.15, 0.2) is 24.3 Å². The zero-order valence-electron chi connectivity index (χ0n) is 20.6. The normalized spacial score (nSPS) is 27.9. The summed E-state index contributed by atoms with van der Waals surface area (Å²) in [5, 5.41) is 3.28. The van der Waals surface area contributed by atoms with Crippen molar-refractivity contribution < 1.29 is 9.59 Å². The van der Waals surface area contributed by atoms with Gasteiger partial charge in [-0.25, -0.2) is 0 Å². The van der Waals surface area contributed by atoms with Gasteiger partial charge in [0.15, 0.2) is 0 Å². The highest BCUT2D eigenvalue weighted by Crippen LogP contribution is 2.35. The molecule has 1 saturated heterocycles. The van der Waals surface area contributed by atoms with Gasteiger partial charge in [0.25, 0.3) is 0 Å². The van der Waals surface area contributed by atoms with Crippen LogP contribution >= 0.6 is 0 Å². The summed E-state index contributed by atoms with van der Waals surface area (Å²) in [7, 11) is 0. The molecule has 0 bridgehead atoms. The minimum atomic E-state index is -0.356. The molecule has 182 valence electrons. The van der Waals surface area contributed by atoms with Crippen molar-refractivity contribution in [2.75, 3.05) is 13.1 Å². The quantitative estimate of drug-likeness (QED) is 0.632. The Morgan fingerprint density at radius 2 is 1.82 bits per heavy atom. The number of likely N-dealkylation sites (tertiary alicyclic amines) is 1. The number of nitrogens with zero attached hydrogens (tertiary/aromatic N) is 2. The van der Waals surface area contributed by atoms with Crippen LogP contribution in [0, 0.1) is 18.8 Å². The van der Waals surface area contributed by atoms with Crippen molar-refractivity contribution in [2.45, 2.75) is 96.4 Å². The molecule has 0 aromatic heterocycles. The first kappa shape index (κ1) is 24.2. The Balaban J connectivity index is 1.49. The first-order chi connectivity index (χ1) is 15.8. The molecule has 4 rings (SSSR count). The van der Waals surface area contributed by atoms with E-state index < -0.39 is 0 Å². The first-order valence-electron chi connectivity index (χ1n) is 13.0. The zero-order valence-corrected chi connectivity index (χ0v) is 20.6. The number of aryl methyl sites for hydroxylation is 1. The minimum Gasteiger partial charge on any atom is -0.352 e. The van der Waals surface area contributed by atoms with E-state index in [0.717, 1.165) is 58.0 Å². The maximum Gasteiger partial charge on any atom is 0.243 e. The molecule has 3 fully saturated rings. The second kappa shape index (κ2) is 10.6. The van der Waals surface area contributed by atoms with E-state index in [-0.39, 0.29) is 41.9 Å². The minimum absolute atomic E-state index is 0.0346. The average Bonchev–Trinajstić information content (AvgIpc) is 3.53. The third kappa shape index (κ3) is 6.15. The van der Waals surface area contributed by atoms with Crippen LogP contribution < -0.4 is 11.1 Å². The van der Waals surface area contributed by atoms with Crippen molar-refractivity contribution >= 4 is 11.8 Å². The number of hydrogen-bond acceptors (Lipinski definition) is 4. The molecule has 0 radical (unpaired) electrons. The van der Waals surface area contributed by atoms with Gasteiger partial charge in [-0.3, -0.25) is 14.5 Å². The highest BCUT2D eigenvalue weighted by molar-refractivity contribution is 5.90. The van der Waals surface area contributed by atoms with Crippen LogP contribution in [0.4, 0.5) is 0 Å². The van der Waals surface area contributed by atoms with E-state index in [4.69, 9.17) is 5.73 Å². The molecule has 3 aliphatic rings. The van der Waals surface area contributed by atoms with Gasteiger partial charge in [0.05, 0.1) is 0 Å². The van der Waals surface area contributed by atoms with Crippen LogP contribution in [0.5, 0.6) is 0 Å². The van der Waals surface area contributed by atoms with E-state index >= 15 is 0 Å². The lowest BCUT2D eigenvalue weighted by molar-refractivity contribution is -0.139. The van der Waals surface area contributed by atoms with Crippen molar-refractivity contribution in [2.24, 2.45) is 17.6 Å². The highest BCUT2D eigenvalue weighted by Gasteiger charge is 2.46. The van der Waals surface area contributed by atoms with Crippen LogP contribution in [0.3, 0.4) is 0 Å². The van der Waals surface area contributed by atoms with E-state index in [0.29, 0.717) is 12.5 Å². The monoisotopic (exact) mass is 454 g/mol. The summed E-state index contributed by atoms with van der Waals surface area (Å²) in [5.41, 5.74) is 8.66. The fourth-order valence-corrected chi connectivity index (χ4v) is 5.51. The Morgan fingerprint density at radius 1 is 1.12 bits per heavy atom. The van der Waals surface area contributed by atoms with Crippen LogP contribution in [-0.4, -0.2) is 58.9 Å². The summed E-state index contributed by atoms with van der Waals surface area (Å²) < 4.78 is 0. The second-order valence-electron chi connectivity index (χ2n) is 11.0. The van der Waals surface area contributed by atoms with Gasteiger partial charge < -0.3 is 16.0 Å². The van der Waals surface area contributed by atoms with Crippen molar-refractivity contribution in [3.05, 3.63) is 35.4 Å². The van der Waals surface area contributed by atoms with E-state index in [1.54, 1.807) is 0 Å². The molecule has 0 spiro atoms. The molecule has 2 unspecified atom stereocenters. The molecule has 2 atom stereocenters. The number of rotatable bonds is 8. The lowest BCUT2D eigenvalue weighted by atomic mass is 9.91. The van der Waals surface area contributed by atoms with E-state index in [1.807, 2.05) is 4.90 Å². The van der Waals surface area contributed by atoms with Crippen molar-refractivity contribution in [1.29, 1.82) is 0 Å². The summed E-state index contributed by atoms with van der Waals surface area (Å²) in [5.74, 6) is 0.860. The largest absolute Gasteiger partial charge is 0.352 e. The maximum atomic E-state index is 13.4. The standard InChI is InChI=1S/C27H42N4O2/c1-18(2)15-30(16-21-7-5-4-6-19(21)3)24-14-25(31(17-24)27(33)20-8-9-20)26(32)29-23-12-10-22(28)11-13-23/h4-7,18,20,22-25H,8-17,28H2,1-3H3,(H,29,32). The molecule has 3 N–H and O–H groups in total. The van der Waals surface area contributed by atoms with E-state index in [2.05, 4.69) is 55.3 Å². The predicted molar refractivity (Wildman–Crippen MR) is 131 cm³/mol. The zero-order chi connectivity index (χ0) is 23.5. The summed E-state index contributed by atoms with van der Waals surface area (Å²) in [6.07, 6.45) is 6.44. The van der Waals surface area contributed by atoms with Gasteiger partial charge in [0, 0.05) is 43.7 Å².